The van der Waals surface area contributed by atoms with Gasteiger partial charge in [-0.15, -0.1) is 0 Å². The third-order valence-electron chi connectivity index (χ3n) is 4.44. The second-order valence-electron chi connectivity index (χ2n) is 6.89. The summed E-state index contributed by atoms with van der Waals surface area (Å²) in [5, 5.41) is 12.7. The summed E-state index contributed by atoms with van der Waals surface area (Å²) in [6.07, 6.45) is 7.58. The van der Waals surface area contributed by atoms with Crippen LogP contribution in [0.1, 0.15) is 66.2 Å². The molecule has 0 aromatic heterocycles. The third-order valence-corrected chi connectivity index (χ3v) is 4.44. The Hall–Kier alpha value is -0.590. The lowest BCUT2D eigenvalue weighted by Gasteiger charge is -2.32. The highest BCUT2D eigenvalue weighted by Gasteiger charge is 2.24. The molecule has 0 aliphatic heterocycles. The first-order chi connectivity index (χ1) is 9.49. The standard InChI is InChI=1S/C17H33N3/c1-5-20(13-16-9-8-10-16)12-7-6-11-17(4,14-18)19-15(2)3/h15-16,19H,5-13H2,1-4H3. The predicted octanol–water partition coefficient (Wildman–Crippen LogP) is 3.56. The van der Waals surface area contributed by atoms with Gasteiger partial charge in [0.1, 0.15) is 5.54 Å². The molecule has 1 atom stereocenters. The number of hydrogen-bond acceptors (Lipinski definition) is 3. The van der Waals surface area contributed by atoms with E-state index in [9.17, 15) is 5.26 Å². The molecule has 1 N–H and O–H groups in total. The number of nitriles is 1. The minimum absolute atomic E-state index is 0.362. The van der Waals surface area contributed by atoms with Crippen molar-refractivity contribution in [2.24, 2.45) is 5.92 Å². The molecule has 1 fully saturated rings. The van der Waals surface area contributed by atoms with Gasteiger partial charge in [-0.2, -0.15) is 5.26 Å². The van der Waals surface area contributed by atoms with Gasteiger partial charge in [-0.05, 0) is 71.9 Å². The van der Waals surface area contributed by atoms with Gasteiger partial charge in [0.15, 0.2) is 0 Å². The van der Waals surface area contributed by atoms with Gasteiger partial charge in [0, 0.05) is 12.6 Å². The third kappa shape index (κ3) is 6.24. The molecule has 0 amide bonds. The van der Waals surface area contributed by atoms with Gasteiger partial charge in [0.25, 0.3) is 0 Å². The number of hydrogen-bond donors (Lipinski definition) is 1. The number of rotatable bonds is 10. The maximum absolute atomic E-state index is 9.32. The number of unbranched alkanes of at least 4 members (excludes halogenated alkanes) is 1. The van der Waals surface area contributed by atoms with E-state index in [2.05, 4.69) is 37.1 Å². The SMILES string of the molecule is CCN(CCCCC(C)(C#N)NC(C)C)CC1CCC1. The molecule has 20 heavy (non-hydrogen) atoms. The van der Waals surface area contributed by atoms with E-state index >= 15 is 0 Å². The molecule has 0 aromatic rings. The molecule has 0 spiro atoms. The van der Waals surface area contributed by atoms with Crippen molar-refractivity contribution in [1.82, 2.24) is 10.2 Å². The highest BCUT2D eigenvalue weighted by molar-refractivity contribution is 5.04. The molecule has 1 unspecified atom stereocenters. The Morgan fingerprint density at radius 1 is 1.35 bits per heavy atom. The van der Waals surface area contributed by atoms with Crippen LogP contribution in [-0.2, 0) is 0 Å². The van der Waals surface area contributed by atoms with Gasteiger partial charge < -0.3 is 4.90 Å². The molecule has 1 aliphatic carbocycles. The summed E-state index contributed by atoms with van der Waals surface area (Å²) >= 11 is 0. The Bertz CT molecular complexity index is 304. The molecule has 0 heterocycles. The van der Waals surface area contributed by atoms with Crippen LogP contribution < -0.4 is 5.32 Å². The molecule has 3 heteroatoms. The maximum Gasteiger partial charge on any atom is 0.104 e. The predicted molar refractivity (Wildman–Crippen MR) is 85.6 cm³/mol. The van der Waals surface area contributed by atoms with Crippen LogP contribution in [0.2, 0.25) is 0 Å². The van der Waals surface area contributed by atoms with E-state index in [4.69, 9.17) is 0 Å². The fourth-order valence-electron chi connectivity index (χ4n) is 3.03. The van der Waals surface area contributed by atoms with Crippen LogP contribution in [0.5, 0.6) is 0 Å². The van der Waals surface area contributed by atoms with Gasteiger partial charge in [-0.3, -0.25) is 5.32 Å². The van der Waals surface area contributed by atoms with E-state index in [1.807, 2.05) is 6.92 Å². The van der Waals surface area contributed by atoms with Crippen LogP contribution in [0.25, 0.3) is 0 Å². The summed E-state index contributed by atoms with van der Waals surface area (Å²) in [5.74, 6) is 0.960. The first-order valence-electron chi connectivity index (χ1n) is 8.40. The average Bonchev–Trinajstić information content (AvgIpc) is 2.35. The van der Waals surface area contributed by atoms with E-state index in [1.165, 1.54) is 38.8 Å². The van der Waals surface area contributed by atoms with E-state index in [0.717, 1.165) is 25.3 Å². The Labute approximate surface area is 125 Å². The topological polar surface area (TPSA) is 39.1 Å². The lowest BCUT2D eigenvalue weighted by atomic mass is 9.85. The minimum Gasteiger partial charge on any atom is -0.303 e. The molecule has 0 bridgehead atoms. The van der Waals surface area contributed by atoms with E-state index in [-0.39, 0.29) is 5.54 Å². The van der Waals surface area contributed by atoms with E-state index in [0.29, 0.717) is 6.04 Å². The molecule has 1 aliphatic rings. The van der Waals surface area contributed by atoms with Gasteiger partial charge >= 0.3 is 0 Å². The van der Waals surface area contributed by atoms with Crippen molar-refractivity contribution < 1.29 is 0 Å². The normalized spacial score (nSPS) is 18.9. The maximum atomic E-state index is 9.32. The van der Waals surface area contributed by atoms with Crippen LogP contribution in [0.3, 0.4) is 0 Å². The molecule has 3 nitrogen and oxygen atoms in total. The van der Waals surface area contributed by atoms with Crippen molar-refractivity contribution in [3.63, 3.8) is 0 Å². The zero-order valence-electron chi connectivity index (χ0n) is 13.9. The van der Waals surface area contributed by atoms with Crippen LogP contribution in [0.15, 0.2) is 0 Å². The second-order valence-corrected chi connectivity index (χ2v) is 6.89. The highest BCUT2D eigenvalue weighted by atomic mass is 15.1. The number of nitrogens with one attached hydrogen (secondary N) is 1. The summed E-state index contributed by atoms with van der Waals surface area (Å²) in [7, 11) is 0. The summed E-state index contributed by atoms with van der Waals surface area (Å²) in [4.78, 5) is 2.59. The fraction of sp³-hybridized carbons (Fsp3) is 0.941. The first-order valence-corrected chi connectivity index (χ1v) is 8.40. The van der Waals surface area contributed by atoms with Crippen LogP contribution in [-0.4, -0.2) is 36.1 Å². The average molecular weight is 279 g/mol. The monoisotopic (exact) mass is 279 g/mol. The largest absolute Gasteiger partial charge is 0.303 e. The molecule has 1 rings (SSSR count). The molecule has 1 saturated carbocycles. The molecule has 116 valence electrons. The zero-order chi connectivity index (χ0) is 15.0. The Balaban J connectivity index is 2.19. The van der Waals surface area contributed by atoms with E-state index < -0.39 is 0 Å². The van der Waals surface area contributed by atoms with Crippen molar-refractivity contribution in [1.29, 1.82) is 5.26 Å². The van der Waals surface area contributed by atoms with E-state index in [1.54, 1.807) is 0 Å². The van der Waals surface area contributed by atoms with Crippen molar-refractivity contribution in [3.8, 4) is 6.07 Å². The summed E-state index contributed by atoms with van der Waals surface area (Å²) in [6, 6.07) is 2.80. The van der Waals surface area contributed by atoms with Crippen molar-refractivity contribution in [3.05, 3.63) is 0 Å². The summed E-state index contributed by atoms with van der Waals surface area (Å²) in [5.41, 5.74) is -0.362. The summed E-state index contributed by atoms with van der Waals surface area (Å²) in [6.45, 7) is 12.1. The van der Waals surface area contributed by atoms with Crippen molar-refractivity contribution in [2.75, 3.05) is 19.6 Å². The Morgan fingerprint density at radius 3 is 2.50 bits per heavy atom. The summed E-state index contributed by atoms with van der Waals surface area (Å²) < 4.78 is 0. The van der Waals surface area contributed by atoms with Crippen LogP contribution >= 0.6 is 0 Å². The zero-order valence-corrected chi connectivity index (χ0v) is 13.9. The molecular weight excluding hydrogens is 246 g/mol. The second kappa shape index (κ2) is 8.64. The molecule has 0 saturated heterocycles. The van der Waals surface area contributed by atoms with Gasteiger partial charge in [0.05, 0.1) is 6.07 Å². The molecule has 0 aromatic carbocycles. The Kier molecular flexibility index (Phi) is 7.55. The quantitative estimate of drug-likeness (QED) is 0.621. The van der Waals surface area contributed by atoms with Gasteiger partial charge in [-0.1, -0.05) is 13.3 Å². The van der Waals surface area contributed by atoms with Crippen molar-refractivity contribution >= 4 is 0 Å². The lowest BCUT2D eigenvalue weighted by Crippen LogP contribution is -2.45. The molecule has 0 radical (unpaired) electrons. The fourth-order valence-corrected chi connectivity index (χ4v) is 3.03. The van der Waals surface area contributed by atoms with Crippen LogP contribution in [0.4, 0.5) is 0 Å². The van der Waals surface area contributed by atoms with Crippen LogP contribution in [0, 0.1) is 17.2 Å². The number of nitrogens with zero attached hydrogens (tertiary/aromatic N) is 2. The van der Waals surface area contributed by atoms with Crippen molar-refractivity contribution in [2.45, 2.75) is 77.8 Å². The first kappa shape index (κ1) is 17.5. The highest BCUT2D eigenvalue weighted by Crippen LogP contribution is 2.27. The minimum atomic E-state index is -0.362. The Morgan fingerprint density at radius 2 is 2.05 bits per heavy atom. The lowest BCUT2D eigenvalue weighted by molar-refractivity contribution is 0.180. The smallest absolute Gasteiger partial charge is 0.104 e. The van der Waals surface area contributed by atoms with Gasteiger partial charge in [0.2, 0.25) is 0 Å². The molecular formula is C17H33N3. The van der Waals surface area contributed by atoms with Gasteiger partial charge in [-0.25, -0.2) is 0 Å².